The van der Waals surface area contributed by atoms with Gasteiger partial charge in [-0.25, -0.2) is 4.98 Å². The highest BCUT2D eigenvalue weighted by Crippen LogP contribution is 2.30. The van der Waals surface area contributed by atoms with Crippen molar-refractivity contribution in [3.63, 3.8) is 0 Å². The van der Waals surface area contributed by atoms with Gasteiger partial charge in [0.1, 0.15) is 16.4 Å². The number of hydrogen-bond acceptors (Lipinski definition) is 8. The molecule has 28 heavy (non-hydrogen) atoms. The van der Waals surface area contributed by atoms with E-state index in [4.69, 9.17) is 13.8 Å². The number of thiophene rings is 1. The van der Waals surface area contributed by atoms with Crippen molar-refractivity contribution < 1.29 is 8.83 Å². The van der Waals surface area contributed by atoms with E-state index in [-0.39, 0.29) is 5.56 Å². The Balaban J connectivity index is 1.63. The highest BCUT2D eigenvalue weighted by molar-refractivity contribution is 7.98. The minimum atomic E-state index is 0.00700. The van der Waals surface area contributed by atoms with Gasteiger partial charge in [-0.3, -0.25) is 9.36 Å². The first-order valence-corrected chi connectivity index (χ1v) is 10.7. The third kappa shape index (κ3) is 3.18. The van der Waals surface area contributed by atoms with Crippen LogP contribution in [-0.4, -0.2) is 19.7 Å². The van der Waals surface area contributed by atoms with Crippen LogP contribution in [0.2, 0.25) is 0 Å². The molecule has 0 aliphatic heterocycles. The molecule has 0 bridgehead atoms. The summed E-state index contributed by atoms with van der Waals surface area (Å²) in [5, 5.41) is 9.63. The van der Waals surface area contributed by atoms with Crippen LogP contribution in [0.3, 0.4) is 0 Å². The highest BCUT2D eigenvalue weighted by atomic mass is 32.2. The molecule has 4 aromatic rings. The smallest absolute Gasteiger partial charge is 0.263 e. The van der Waals surface area contributed by atoms with Crippen LogP contribution < -0.4 is 5.56 Å². The molecule has 4 rings (SSSR count). The van der Waals surface area contributed by atoms with Crippen molar-refractivity contribution in [2.24, 2.45) is 0 Å². The van der Waals surface area contributed by atoms with E-state index in [9.17, 15) is 4.79 Å². The van der Waals surface area contributed by atoms with E-state index in [2.05, 4.69) is 10.2 Å². The summed E-state index contributed by atoms with van der Waals surface area (Å²) in [6.45, 7) is 10.2. The van der Waals surface area contributed by atoms with Crippen LogP contribution in [0.5, 0.6) is 0 Å². The molecule has 0 amide bonds. The fourth-order valence-corrected chi connectivity index (χ4v) is 5.06. The summed E-state index contributed by atoms with van der Waals surface area (Å²) in [6.07, 6.45) is 0. The summed E-state index contributed by atoms with van der Waals surface area (Å²) < 4.78 is 13.0. The predicted octanol–water partition coefficient (Wildman–Crippen LogP) is 4.65. The second kappa shape index (κ2) is 7.21. The van der Waals surface area contributed by atoms with Crippen molar-refractivity contribution in [3.05, 3.63) is 44.3 Å². The van der Waals surface area contributed by atoms with Crippen molar-refractivity contribution in [2.45, 2.75) is 52.1 Å². The zero-order valence-corrected chi connectivity index (χ0v) is 18.0. The Labute approximate surface area is 169 Å². The van der Waals surface area contributed by atoms with Crippen LogP contribution >= 0.6 is 23.1 Å². The number of aryl methyl sites for hydroxylation is 4. The van der Waals surface area contributed by atoms with Crippen molar-refractivity contribution in [1.82, 2.24) is 19.7 Å². The normalized spacial score (nSPS) is 11.6. The van der Waals surface area contributed by atoms with Crippen molar-refractivity contribution in [2.75, 3.05) is 0 Å². The van der Waals surface area contributed by atoms with Gasteiger partial charge in [-0.15, -0.1) is 21.5 Å². The monoisotopic (exact) mass is 416 g/mol. The van der Waals surface area contributed by atoms with E-state index in [1.165, 1.54) is 11.8 Å². The van der Waals surface area contributed by atoms with Crippen LogP contribution in [0.15, 0.2) is 24.9 Å². The second-order valence-corrected chi connectivity index (χ2v) is 8.67. The first kappa shape index (κ1) is 18.9. The molecule has 0 aliphatic carbocycles. The average molecular weight is 417 g/mol. The van der Waals surface area contributed by atoms with E-state index in [1.807, 2.05) is 40.7 Å². The highest BCUT2D eigenvalue weighted by Gasteiger charge is 2.18. The van der Waals surface area contributed by atoms with Gasteiger partial charge in [-0.1, -0.05) is 11.8 Å². The number of rotatable bonds is 5. The fraction of sp³-hybridized carbons (Fsp3) is 0.368. The molecule has 0 spiro atoms. The van der Waals surface area contributed by atoms with Gasteiger partial charge >= 0.3 is 0 Å². The molecule has 0 N–H and O–H groups in total. The van der Waals surface area contributed by atoms with E-state index in [0.717, 1.165) is 37.7 Å². The molecule has 0 saturated carbocycles. The Hall–Kier alpha value is -2.39. The lowest BCUT2D eigenvalue weighted by molar-refractivity contribution is 0.499. The van der Waals surface area contributed by atoms with Gasteiger partial charge in [-0.2, -0.15) is 0 Å². The van der Waals surface area contributed by atoms with E-state index >= 15 is 0 Å². The number of thioether (sulfide) groups is 1. The molecule has 146 valence electrons. The minimum Gasteiger partial charge on any atom is -0.466 e. The van der Waals surface area contributed by atoms with Crippen LogP contribution in [0.1, 0.15) is 34.8 Å². The number of hydrogen-bond donors (Lipinski definition) is 0. The Kier molecular flexibility index (Phi) is 4.88. The molecule has 0 radical (unpaired) electrons. The quantitative estimate of drug-likeness (QED) is 0.346. The van der Waals surface area contributed by atoms with E-state index < -0.39 is 0 Å². The Morgan fingerprint density at radius 1 is 1.18 bits per heavy atom. The third-order valence-electron chi connectivity index (χ3n) is 4.63. The van der Waals surface area contributed by atoms with Crippen LogP contribution in [0, 0.1) is 27.7 Å². The Morgan fingerprint density at radius 2 is 1.96 bits per heavy atom. The van der Waals surface area contributed by atoms with Crippen LogP contribution in [0.4, 0.5) is 0 Å². The molecular weight excluding hydrogens is 396 g/mol. The van der Waals surface area contributed by atoms with Gasteiger partial charge in [-0.05, 0) is 46.2 Å². The first-order valence-electron chi connectivity index (χ1n) is 8.92. The number of aromatic nitrogens is 4. The zero-order valence-electron chi connectivity index (χ0n) is 16.3. The maximum absolute atomic E-state index is 12.9. The molecule has 9 heteroatoms. The van der Waals surface area contributed by atoms with Crippen molar-refractivity contribution in [1.29, 1.82) is 0 Å². The number of nitrogens with zero attached hydrogens (tertiary/aromatic N) is 4. The lowest BCUT2D eigenvalue weighted by atomic mass is 10.2. The topological polar surface area (TPSA) is 86.9 Å². The summed E-state index contributed by atoms with van der Waals surface area (Å²) in [5.74, 6) is 2.90. The molecule has 0 aromatic carbocycles. The molecule has 4 heterocycles. The van der Waals surface area contributed by atoms with Gasteiger partial charge in [0.15, 0.2) is 5.16 Å². The van der Waals surface area contributed by atoms with Crippen LogP contribution in [-0.2, 0) is 12.3 Å². The van der Waals surface area contributed by atoms with E-state index in [0.29, 0.717) is 29.2 Å². The lowest BCUT2D eigenvalue weighted by Crippen LogP contribution is -2.22. The molecule has 0 fully saturated rings. The number of fused-ring (bicyclic) bond motifs is 1. The fourth-order valence-electron chi connectivity index (χ4n) is 3.09. The molecule has 4 aromatic heterocycles. The lowest BCUT2D eigenvalue weighted by Gasteiger charge is -2.08. The SMILES string of the molecule is CCn1c(SCc2nnc(-c3cc(C)oc3C)o2)nc2sc(C)c(C)c2c1=O. The Morgan fingerprint density at radius 3 is 2.64 bits per heavy atom. The standard InChI is InChI=1S/C19H20N4O3S2/c1-6-23-18(24)15-10(3)12(5)28-17(15)20-19(23)27-8-14-21-22-16(26-14)13-7-9(2)25-11(13)4/h7H,6,8H2,1-5H3. The summed E-state index contributed by atoms with van der Waals surface area (Å²) in [4.78, 5) is 19.5. The van der Waals surface area contributed by atoms with Gasteiger partial charge in [0.2, 0.25) is 5.89 Å². The predicted molar refractivity (Wildman–Crippen MR) is 110 cm³/mol. The van der Waals surface area contributed by atoms with Crippen molar-refractivity contribution in [3.8, 4) is 11.5 Å². The summed E-state index contributed by atoms with van der Waals surface area (Å²) in [5.41, 5.74) is 1.83. The largest absolute Gasteiger partial charge is 0.466 e. The van der Waals surface area contributed by atoms with Crippen LogP contribution in [0.25, 0.3) is 21.7 Å². The van der Waals surface area contributed by atoms with Gasteiger partial charge in [0.25, 0.3) is 11.4 Å². The molecule has 0 saturated heterocycles. The summed E-state index contributed by atoms with van der Waals surface area (Å²) in [7, 11) is 0. The van der Waals surface area contributed by atoms with E-state index in [1.54, 1.807) is 15.9 Å². The Bertz CT molecular complexity index is 1230. The van der Waals surface area contributed by atoms with Gasteiger partial charge in [0, 0.05) is 11.4 Å². The zero-order chi connectivity index (χ0) is 20.0. The maximum atomic E-state index is 12.9. The maximum Gasteiger partial charge on any atom is 0.263 e. The summed E-state index contributed by atoms with van der Waals surface area (Å²) >= 11 is 2.98. The number of furan rings is 1. The molecule has 7 nitrogen and oxygen atoms in total. The molecule has 0 unspecified atom stereocenters. The first-order chi connectivity index (χ1) is 13.4. The van der Waals surface area contributed by atoms with Gasteiger partial charge < -0.3 is 8.83 Å². The molecular formula is C19H20N4O3S2. The molecule has 0 atom stereocenters. The summed E-state index contributed by atoms with van der Waals surface area (Å²) in [6, 6.07) is 1.88. The third-order valence-corrected chi connectivity index (χ3v) is 6.70. The van der Waals surface area contributed by atoms with Crippen molar-refractivity contribution >= 4 is 33.3 Å². The van der Waals surface area contributed by atoms with Gasteiger partial charge in [0.05, 0.1) is 16.7 Å². The minimum absolute atomic E-state index is 0.00700. The second-order valence-electron chi connectivity index (χ2n) is 6.52. The molecule has 0 aliphatic rings. The average Bonchev–Trinajstić information content (AvgIpc) is 3.32.